The molecule has 0 spiro atoms. The van der Waals surface area contributed by atoms with Crippen LogP contribution in [-0.2, 0) is 12.7 Å². The lowest BCUT2D eigenvalue weighted by Crippen LogP contribution is -2.46. The molecule has 2 aromatic heterocycles. The van der Waals surface area contributed by atoms with Crippen molar-refractivity contribution in [2.75, 3.05) is 43.0 Å². The standard InChI is InChI=1S/C22H24F3N7O/c1-2-33-21-29-19(27-18-7-3-6-17(13-18)22(23,24)25)28-20(30-21)32-11-9-31(10-12-32)15-16-5-4-8-26-14-16/h3-8,13-14H,2,9-12,15H2,1H3,(H,27,28,29,30). The number of pyridine rings is 1. The number of nitrogens with one attached hydrogen (secondary N) is 1. The van der Waals surface area contributed by atoms with E-state index >= 15 is 0 Å². The Kier molecular flexibility index (Phi) is 6.87. The molecule has 1 aliphatic rings. The van der Waals surface area contributed by atoms with Gasteiger partial charge in [0.1, 0.15) is 0 Å². The van der Waals surface area contributed by atoms with Crippen molar-refractivity contribution in [3.63, 3.8) is 0 Å². The zero-order chi connectivity index (χ0) is 23.3. The number of rotatable bonds is 7. The minimum Gasteiger partial charge on any atom is -0.464 e. The van der Waals surface area contributed by atoms with Crippen molar-refractivity contribution in [1.82, 2.24) is 24.8 Å². The zero-order valence-corrected chi connectivity index (χ0v) is 18.1. The lowest BCUT2D eigenvalue weighted by atomic mass is 10.2. The molecule has 33 heavy (non-hydrogen) atoms. The van der Waals surface area contributed by atoms with Crippen molar-refractivity contribution in [3.8, 4) is 6.01 Å². The fourth-order valence-electron chi connectivity index (χ4n) is 3.50. The molecule has 0 atom stereocenters. The summed E-state index contributed by atoms with van der Waals surface area (Å²) in [6.07, 6.45) is -0.824. The number of piperazine rings is 1. The first kappa shape index (κ1) is 22.7. The number of halogens is 3. The number of aromatic nitrogens is 4. The molecule has 0 radical (unpaired) electrons. The third kappa shape index (κ3) is 6.07. The molecule has 1 fully saturated rings. The molecule has 1 saturated heterocycles. The minimum absolute atomic E-state index is 0.120. The van der Waals surface area contributed by atoms with Gasteiger partial charge >= 0.3 is 12.2 Å². The van der Waals surface area contributed by atoms with Crippen LogP contribution in [0.2, 0.25) is 0 Å². The molecule has 1 aliphatic heterocycles. The first-order valence-corrected chi connectivity index (χ1v) is 10.6. The second-order valence-electron chi connectivity index (χ2n) is 7.50. The van der Waals surface area contributed by atoms with Crippen molar-refractivity contribution in [2.24, 2.45) is 0 Å². The predicted octanol–water partition coefficient (Wildman–Crippen LogP) is 3.75. The van der Waals surface area contributed by atoms with Gasteiger partial charge < -0.3 is 15.0 Å². The van der Waals surface area contributed by atoms with Crippen LogP contribution >= 0.6 is 0 Å². The highest BCUT2D eigenvalue weighted by Gasteiger charge is 2.30. The molecule has 1 N–H and O–H groups in total. The quantitative estimate of drug-likeness (QED) is 0.572. The second-order valence-corrected chi connectivity index (χ2v) is 7.50. The maximum absolute atomic E-state index is 13.0. The summed E-state index contributed by atoms with van der Waals surface area (Å²) in [5.41, 5.74) is 0.625. The highest BCUT2D eigenvalue weighted by Crippen LogP contribution is 2.31. The van der Waals surface area contributed by atoms with Crippen LogP contribution < -0.4 is 15.0 Å². The summed E-state index contributed by atoms with van der Waals surface area (Å²) in [4.78, 5) is 21.5. The van der Waals surface area contributed by atoms with Gasteiger partial charge in [-0.1, -0.05) is 12.1 Å². The molecule has 0 aliphatic carbocycles. The lowest BCUT2D eigenvalue weighted by Gasteiger charge is -2.34. The Hall–Kier alpha value is -3.47. The first-order valence-electron chi connectivity index (χ1n) is 10.6. The Labute approximate surface area is 189 Å². The fraction of sp³-hybridized carbons (Fsp3) is 0.364. The molecule has 174 valence electrons. The maximum atomic E-state index is 13.0. The third-order valence-corrected chi connectivity index (χ3v) is 5.11. The van der Waals surface area contributed by atoms with E-state index in [1.807, 2.05) is 23.2 Å². The summed E-state index contributed by atoms with van der Waals surface area (Å²) >= 11 is 0. The number of benzene rings is 1. The molecule has 1 aromatic carbocycles. The van der Waals surface area contributed by atoms with Crippen LogP contribution in [0.15, 0.2) is 48.8 Å². The van der Waals surface area contributed by atoms with Gasteiger partial charge in [-0.2, -0.15) is 28.1 Å². The number of ether oxygens (including phenoxy) is 1. The van der Waals surface area contributed by atoms with Gasteiger partial charge in [-0.05, 0) is 36.8 Å². The molecular formula is C22H24F3N7O. The van der Waals surface area contributed by atoms with Crippen LogP contribution in [-0.4, -0.2) is 57.6 Å². The Morgan fingerprint density at radius 2 is 1.85 bits per heavy atom. The number of alkyl halides is 3. The molecule has 11 heteroatoms. The highest BCUT2D eigenvalue weighted by molar-refractivity contribution is 5.56. The van der Waals surface area contributed by atoms with Gasteiger partial charge in [0.15, 0.2) is 0 Å². The van der Waals surface area contributed by atoms with Gasteiger partial charge in [-0.15, -0.1) is 0 Å². The summed E-state index contributed by atoms with van der Waals surface area (Å²) < 4.78 is 44.6. The monoisotopic (exact) mass is 459 g/mol. The van der Waals surface area contributed by atoms with E-state index in [4.69, 9.17) is 4.74 Å². The predicted molar refractivity (Wildman–Crippen MR) is 117 cm³/mol. The fourth-order valence-corrected chi connectivity index (χ4v) is 3.50. The number of hydrogen-bond acceptors (Lipinski definition) is 8. The van der Waals surface area contributed by atoms with Gasteiger partial charge in [-0.3, -0.25) is 9.88 Å². The van der Waals surface area contributed by atoms with Crippen molar-refractivity contribution >= 4 is 17.6 Å². The summed E-state index contributed by atoms with van der Waals surface area (Å²) in [5.74, 6) is 0.546. The molecule has 0 amide bonds. The van der Waals surface area contributed by atoms with Gasteiger partial charge in [0.05, 0.1) is 12.2 Å². The van der Waals surface area contributed by atoms with Crippen molar-refractivity contribution in [3.05, 3.63) is 59.9 Å². The molecular weight excluding hydrogens is 435 g/mol. The molecule has 0 unspecified atom stereocenters. The Bertz CT molecular complexity index is 1060. The Balaban J connectivity index is 1.48. The van der Waals surface area contributed by atoms with E-state index in [0.717, 1.165) is 37.3 Å². The summed E-state index contributed by atoms with van der Waals surface area (Å²) in [5, 5.41) is 2.85. The van der Waals surface area contributed by atoms with Crippen LogP contribution in [0.3, 0.4) is 0 Å². The Morgan fingerprint density at radius 1 is 1.03 bits per heavy atom. The van der Waals surface area contributed by atoms with Crippen molar-refractivity contribution in [2.45, 2.75) is 19.6 Å². The van der Waals surface area contributed by atoms with E-state index in [1.165, 1.54) is 12.1 Å². The van der Waals surface area contributed by atoms with Crippen LogP contribution in [0, 0.1) is 0 Å². The van der Waals surface area contributed by atoms with E-state index in [2.05, 4.69) is 30.2 Å². The number of nitrogens with zero attached hydrogens (tertiary/aromatic N) is 6. The van der Waals surface area contributed by atoms with Crippen LogP contribution in [0.1, 0.15) is 18.1 Å². The molecule has 0 bridgehead atoms. The summed E-state index contributed by atoms with van der Waals surface area (Å²) in [7, 11) is 0. The normalized spacial score (nSPS) is 14.8. The molecule has 3 aromatic rings. The largest absolute Gasteiger partial charge is 0.464 e. The summed E-state index contributed by atoms with van der Waals surface area (Å²) in [6, 6.07) is 8.97. The van der Waals surface area contributed by atoms with Gasteiger partial charge in [0, 0.05) is 50.8 Å². The van der Waals surface area contributed by atoms with E-state index in [0.29, 0.717) is 25.6 Å². The topological polar surface area (TPSA) is 79.3 Å². The first-order chi connectivity index (χ1) is 15.9. The lowest BCUT2D eigenvalue weighted by molar-refractivity contribution is -0.137. The van der Waals surface area contributed by atoms with Gasteiger partial charge in [0.2, 0.25) is 11.9 Å². The number of anilines is 3. The summed E-state index contributed by atoms with van der Waals surface area (Å²) in [6.45, 7) is 5.97. The molecule has 0 saturated carbocycles. The zero-order valence-electron chi connectivity index (χ0n) is 18.1. The van der Waals surface area contributed by atoms with E-state index in [1.54, 1.807) is 13.1 Å². The molecule has 8 nitrogen and oxygen atoms in total. The maximum Gasteiger partial charge on any atom is 0.416 e. The van der Waals surface area contributed by atoms with E-state index in [9.17, 15) is 13.2 Å². The molecule has 3 heterocycles. The van der Waals surface area contributed by atoms with Gasteiger partial charge in [0.25, 0.3) is 0 Å². The second kappa shape index (κ2) is 9.99. The van der Waals surface area contributed by atoms with Crippen molar-refractivity contribution in [1.29, 1.82) is 0 Å². The Morgan fingerprint density at radius 3 is 2.55 bits per heavy atom. The average molecular weight is 459 g/mol. The third-order valence-electron chi connectivity index (χ3n) is 5.11. The van der Waals surface area contributed by atoms with Gasteiger partial charge in [-0.25, -0.2) is 0 Å². The number of hydrogen-bond donors (Lipinski definition) is 1. The van der Waals surface area contributed by atoms with Crippen LogP contribution in [0.5, 0.6) is 6.01 Å². The average Bonchev–Trinajstić information content (AvgIpc) is 2.80. The highest BCUT2D eigenvalue weighted by atomic mass is 19.4. The van der Waals surface area contributed by atoms with E-state index in [-0.39, 0.29) is 17.6 Å². The minimum atomic E-state index is -4.44. The van der Waals surface area contributed by atoms with Crippen molar-refractivity contribution < 1.29 is 17.9 Å². The van der Waals surface area contributed by atoms with E-state index < -0.39 is 11.7 Å². The smallest absolute Gasteiger partial charge is 0.416 e. The van der Waals surface area contributed by atoms with Crippen LogP contribution in [0.4, 0.5) is 30.8 Å². The SMILES string of the molecule is CCOc1nc(Nc2cccc(C(F)(F)F)c2)nc(N2CCN(Cc3cccnc3)CC2)n1. The van der Waals surface area contributed by atoms with Crippen LogP contribution in [0.25, 0.3) is 0 Å². The molecule has 4 rings (SSSR count).